The number of hydrogen-bond acceptors (Lipinski definition) is 5. The maximum absolute atomic E-state index is 14.1. The normalized spacial score (nSPS) is 14.2. The average Bonchev–Trinajstić information content (AvgIpc) is 2.84. The van der Waals surface area contributed by atoms with Crippen LogP contribution in [0.1, 0.15) is 22.5 Å². The quantitative estimate of drug-likeness (QED) is 0.141. The van der Waals surface area contributed by atoms with E-state index in [2.05, 4.69) is 25.0 Å². The number of halogens is 4. The lowest BCUT2D eigenvalue weighted by Gasteiger charge is -2.21. The summed E-state index contributed by atoms with van der Waals surface area (Å²) in [6.45, 7) is 7.28. The summed E-state index contributed by atoms with van der Waals surface area (Å²) in [6, 6.07) is 12.0. The van der Waals surface area contributed by atoms with Crippen LogP contribution >= 0.6 is 0 Å². The molecule has 36 heavy (non-hydrogen) atoms. The molecule has 0 spiro atoms. The topological polar surface area (TPSA) is 78.6 Å². The Bertz CT molecular complexity index is 1550. The first-order valence-electron chi connectivity index (χ1n) is 10.3. The van der Waals surface area contributed by atoms with Gasteiger partial charge in [0.25, 0.3) is 0 Å². The van der Waals surface area contributed by atoms with Gasteiger partial charge in [0.15, 0.2) is 5.71 Å². The third-order valence-corrected chi connectivity index (χ3v) is 5.37. The number of hydrogen-bond donors (Lipinski definition) is 0. The SMILES string of the molecule is [C-]#[N+]/N=C1/c2ccccc2C(=NC#N)c2nc(-c3cc(F)cc(F)c3)c(-c3cc(F)cc(F)c3)nc21. The minimum Gasteiger partial charge on any atom is -0.241 e. The van der Waals surface area contributed by atoms with Crippen molar-refractivity contribution in [3.05, 3.63) is 118 Å². The molecule has 0 unspecified atom stereocenters. The van der Waals surface area contributed by atoms with Gasteiger partial charge in [0.05, 0.1) is 16.5 Å². The zero-order chi connectivity index (χ0) is 25.4. The largest absolute Gasteiger partial charge is 0.241 e. The molecule has 1 heterocycles. The van der Waals surface area contributed by atoms with Crippen molar-refractivity contribution in [1.29, 1.82) is 5.26 Å². The molecule has 5 rings (SSSR count). The lowest BCUT2D eigenvalue weighted by Crippen LogP contribution is -2.25. The molecule has 0 aliphatic heterocycles. The molecule has 3 aromatic carbocycles. The second-order valence-electron chi connectivity index (χ2n) is 7.59. The Hall–Kier alpha value is -5.22. The van der Waals surface area contributed by atoms with E-state index in [0.717, 1.165) is 24.3 Å². The fourth-order valence-corrected chi connectivity index (χ4v) is 4.01. The van der Waals surface area contributed by atoms with Gasteiger partial charge >= 0.3 is 0 Å². The highest BCUT2D eigenvalue weighted by Gasteiger charge is 2.33. The molecule has 0 radical (unpaired) electrons. The molecule has 0 saturated heterocycles. The first-order chi connectivity index (χ1) is 17.4. The highest BCUT2D eigenvalue weighted by atomic mass is 19.1. The van der Waals surface area contributed by atoms with Crippen LogP contribution in [0.4, 0.5) is 17.6 Å². The molecular formula is C26H10F4N6. The van der Waals surface area contributed by atoms with E-state index < -0.39 is 23.3 Å². The molecule has 4 aromatic rings. The van der Waals surface area contributed by atoms with Crippen LogP contribution in [0.3, 0.4) is 0 Å². The van der Waals surface area contributed by atoms with E-state index >= 15 is 0 Å². The summed E-state index contributed by atoms with van der Waals surface area (Å²) in [5.41, 5.74) is 0.703. The van der Waals surface area contributed by atoms with Crippen molar-refractivity contribution in [3.63, 3.8) is 0 Å². The Morgan fingerprint density at radius 3 is 1.58 bits per heavy atom. The Kier molecular flexibility index (Phi) is 5.55. The minimum absolute atomic E-state index is 0.0120. The van der Waals surface area contributed by atoms with E-state index in [4.69, 9.17) is 6.57 Å². The second-order valence-corrected chi connectivity index (χ2v) is 7.59. The van der Waals surface area contributed by atoms with E-state index in [1.807, 2.05) is 0 Å². The van der Waals surface area contributed by atoms with Gasteiger partial charge in [-0.1, -0.05) is 24.3 Å². The summed E-state index contributed by atoms with van der Waals surface area (Å²) in [5.74, 6) is -3.64. The van der Waals surface area contributed by atoms with Crippen molar-refractivity contribution in [2.24, 2.45) is 10.1 Å². The highest BCUT2D eigenvalue weighted by molar-refractivity contribution is 6.30. The summed E-state index contributed by atoms with van der Waals surface area (Å²) in [5, 5.41) is 13.2. The monoisotopic (exact) mass is 482 g/mol. The van der Waals surface area contributed by atoms with Crippen molar-refractivity contribution >= 4 is 11.4 Å². The molecule has 172 valence electrons. The minimum atomic E-state index is -0.910. The Morgan fingerprint density at radius 1 is 0.694 bits per heavy atom. The standard InChI is InChI=1S/C26H10F4N6/c1-32-36-24-20-5-3-2-4-19(20)23(33-12-31)25-26(24)35-22(14-8-17(29)11-18(30)9-14)21(34-25)13-6-15(27)10-16(28)7-13/h2-11H/b33-23?,36-24-. The molecule has 0 fully saturated rings. The number of nitriles is 1. The van der Waals surface area contributed by atoms with E-state index in [-0.39, 0.29) is 45.3 Å². The van der Waals surface area contributed by atoms with Crippen LogP contribution in [0.25, 0.3) is 27.5 Å². The fourth-order valence-electron chi connectivity index (χ4n) is 4.01. The molecule has 0 saturated carbocycles. The molecule has 1 aliphatic rings. The molecule has 0 N–H and O–H groups in total. The summed E-state index contributed by atoms with van der Waals surface area (Å²) in [7, 11) is 0. The molecule has 0 amide bonds. The van der Waals surface area contributed by atoms with Gasteiger partial charge in [-0.05, 0) is 24.3 Å². The molecule has 0 atom stereocenters. The third-order valence-electron chi connectivity index (χ3n) is 5.37. The van der Waals surface area contributed by atoms with Crippen molar-refractivity contribution in [2.75, 3.05) is 0 Å². The molecule has 1 aliphatic carbocycles. The van der Waals surface area contributed by atoms with Crippen LogP contribution in [0, 0.1) is 41.3 Å². The van der Waals surface area contributed by atoms with Gasteiger partial charge in [0, 0.05) is 34.4 Å². The zero-order valence-electron chi connectivity index (χ0n) is 18.0. The van der Waals surface area contributed by atoms with Crippen LogP contribution in [0.5, 0.6) is 0 Å². The van der Waals surface area contributed by atoms with E-state index in [1.54, 1.807) is 30.5 Å². The van der Waals surface area contributed by atoms with Crippen molar-refractivity contribution in [1.82, 2.24) is 9.97 Å². The summed E-state index contributed by atoms with van der Waals surface area (Å²) < 4.78 is 56.6. The van der Waals surface area contributed by atoms with E-state index in [9.17, 15) is 22.8 Å². The van der Waals surface area contributed by atoms with Gasteiger partial charge in [-0.2, -0.15) is 16.8 Å². The van der Waals surface area contributed by atoms with Crippen LogP contribution in [-0.4, -0.2) is 21.4 Å². The van der Waals surface area contributed by atoms with Gasteiger partial charge in [-0.3, -0.25) is 0 Å². The predicted octanol–water partition coefficient (Wildman–Crippen LogP) is 5.67. The molecule has 1 aromatic heterocycles. The summed E-state index contributed by atoms with van der Waals surface area (Å²) >= 11 is 0. The van der Waals surface area contributed by atoms with Crippen molar-refractivity contribution in [3.8, 4) is 28.7 Å². The summed E-state index contributed by atoms with van der Waals surface area (Å²) in [4.78, 5) is 16.0. The van der Waals surface area contributed by atoms with Gasteiger partial charge in [-0.15, -0.1) is 4.95 Å². The average molecular weight is 482 g/mol. The first kappa shape index (κ1) is 22.6. The van der Waals surface area contributed by atoms with Gasteiger partial charge < -0.3 is 0 Å². The van der Waals surface area contributed by atoms with Crippen molar-refractivity contribution < 1.29 is 17.6 Å². The number of aromatic nitrogens is 2. The van der Waals surface area contributed by atoms with Gasteiger partial charge in [0.1, 0.15) is 40.4 Å². The maximum atomic E-state index is 14.1. The smallest absolute Gasteiger partial charge is 0.206 e. The Morgan fingerprint density at radius 2 is 1.14 bits per heavy atom. The number of benzene rings is 3. The first-order valence-corrected chi connectivity index (χ1v) is 10.3. The van der Waals surface area contributed by atoms with Crippen LogP contribution in [0.2, 0.25) is 0 Å². The Labute approximate surface area is 201 Å². The molecular weight excluding hydrogens is 472 g/mol. The van der Waals surface area contributed by atoms with Crippen molar-refractivity contribution in [2.45, 2.75) is 0 Å². The lowest BCUT2D eigenvalue weighted by molar-refractivity contribution is 0.583. The fraction of sp³-hybridized carbons (Fsp3) is 0. The second kappa shape index (κ2) is 8.85. The third kappa shape index (κ3) is 3.87. The lowest BCUT2D eigenvalue weighted by atomic mass is 9.87. The molecule has 0 bridgehead atoms. The predicted molar refractivity (Wildman–Crippen MR) is 123 cm³/mol. The van der Waals surface area contributed by atoms with Gasteiger partial charge in [0.2, 0.25) is 6.19 Å². The van der Waals surface area contributed by atoms with Crippen LogP contribution in [0.15, 0.2) is 70.8 Å². The van der Waals surface area contributed by atoms with Gasteiger partial charge in [-0.25, -0.2) is 27.5 Å². The highest BCUT2D eigenvalue weighted by Crippen LogP contribution is 2.35. The van der Waals surface area contributed by atoms with E-state index in [0.29, 0.717) is 23.3 Å². The zero-order valence-corrected chi connectivity index (χ0v) is 18.0. The Balaban J connectivity index is 1.93. The summed E-state index contributed by atoms with van der Waals surface area (Å²) in [6.07, 6.45) is 1.71. The van der Waals surface area contributed by atoms with E-state index in [1.165, 1.54) is 0 Å². The number of aliphatic imine (C=N–C) groups is 1. The number of rotatable bonds is 2. The molecule has 10 heteroatoms. The van der Waals surface area contributed by atoms with Crippen LogP contribution in [-0.2, 0) is 0 Å². The van der Waals surface area contributed by atoms with Crippen LogP contribution < -0.4 is 0 Å². The maximum Gasteiger partial charge on any atom is 0.206 e. The number of nitrogens with zero attached hydrogens (tertiary/aromatic N) is 6. The molecule has 6 nitrogen and oxygen atoms in total. The number of fused-ring (bicyclic) bond motifs is 2.